The predicted molar refractivity (Wildman–Crippen MR) is 52.7 cm³/mol. The summed E-state index contributed by atoms with van der Waals surface area (Å²) in [6.07, 6.45) is 3.69. The van der Waals surface area contributed by atoms with Crippen molar-refractivity contribution >= 4 is 21.6 Å². The summed E-state index contributed by atoms with van der Waals surface area (Å²) >= 11 is 1.83. The molecule has 2 fully saturated rings. The highest BCUT2D eigenvalue weighted by molar-refractivity contribution is 7.17. The molecule has 4 rings (SSSR count). The van der Waals surface area contributed by atoms with Crippen molar-refractivity contribution in [1.29, 1.82) is 0 Å². The van der Waals surface area contributed by atoms with Crippen LogP contribution in [0.2, 0.25) is 0 Å². The van der Waals surface area contributed by atoms with Gasteiger partial charge in [-0.3, -0.25) is 0 Å². The number of nitrogens with one attached hydrogen (secondary N) is 1. The summed E-state index contributed by atoms with van der Waals surface area (Å²) in [5.41, 5.74) is 2.82. The normalized spacial score (nSPS) is 34.6. The first-order valence-corrected chi connectivity index (χ1v) is 5.70. The summed E-state index contributed by atoms with van der Waals surface area (Å²) in [5, 5.41) is 2.15. The molecule has 2 unspecified atom stereocenters. The third-order valence-electron chi connectivity index (χ3n) is 3.44. The molecule has 1 nitrogen and oxygen atoms in total. The maximum absolute atomic E-state index is 3.37. The first-order valence-electron chi connectivity index (χ1n) is 4.82. The second kappa shape index (κ2) is 1.95. The average Bonchev–Trinajstić information content (AvgIpc) is 2.97. The van der Waals surface area contributed by atoms with Crippen molar-refractivity contribution in [2.45, 2.75) is 12.3 Å². The van der Waals surface area contributed by atoms with E-state index in [0.29, 0.717) is 0 Å². The zero-order chi connectivity index (χ0) is 8.41. The molecule has 0 spiro atoms. The van der Waals surface area contributed by atoms with E-state index in [4.69, 9.17) is 0 Å². The van der Waals surface area contributed by atoms with Gasteiger partial charge in [-0.15, -0.1) is 11.3 Å². The van der Waals surface area contributed by atoms with Crippen LogP contribution >= 0.6 is 11.3 Å². The number of aromatic amines is 1. The average molecular weight is 188 g/mol. The molecule has 0 aromatic carbocycles. The van der Waals surface area contributed by atoms with Gasteiger partial charge in [-0.2, -0.15) is 0 Å². The Bertz CT molecular complexity index is 480. The SMILES string of the molecule is c1cc2[nH+]cc(C3C4C[C@H]43)cc2s1. The second-order valence-electron chi connectivity index (χ2n) is 4.22. The lowest BCUT2D eigenvalue weighted by Gasteiger charge is -1.99. The van der Waals surface area contributed by atoms with Crippen molar-refractivity contribution in [3.05, 3.63) is 29.3 Å². The highest BCUT2D eigenvalue weighted by atomic mass is 32.1. The van der Waals surface area contributed by atoms with Gasteiger partial charge in [-0.05, 0) is 35.6 Å². The van der Waals surface area contributed by atoms with E-state index in [1.54, 1.807) is 0 Å². The van der Waals surface area contributed by atoms with Crippen molar-refractivity contribution in [2.75, 3.05) is 0 Å². The van der Waals surface area contributed by atoms with Crippen molar-refractivity contribution in [3.63, 3.8) is 0 Å². The van der Waals surface area contributed by atoms with Crippen LogP contribution in [-0.4, -0.2) is 0 Å². The molecule has 2 aliphatic rings. The lowest BCUT2D eigenvalue weighted by molar-refractivity contribution is -0.345. The second-order valence-corrected chi connectivity index (χ2v) is 5.17. The van der Waals surface area contributed by atoms with E-state index in [1.807, 2.05) is 11.3 Å². The van der Waals surface area contributed by atoms with Gasteiger partial charge in [0.1, 0.15) is 0 Å². The molecule has 2 aromatic rings. The predicted octanol–water partition coefficient (Wildman–Crippen LogP) is 2.45. The fraction of sp³-hybridized carbons (Fsp3) is 0.364. The minimum absolute atomic E-state index is 0.919. The largest absolute Gasteiger partial charge is 0.221 e. The van der Waals surface area contributed by atoms with Gasteiger partial charge in [-0.25, -0.2) is 4.98 Å². The molecule has 0 saturated heterocycles. The van der Waals surface area contributed by atoms with Gasteiger partial charge in [0, 0.05) is 11.6 Å². The maximum atomic E-state index is 3.37. The summed E-state index contributed by atoms with van der Waals surface area (Å²) in [7, 11) is 0. The Labute approximate surface area is 80.4 Å². The Morgan fingerprint density at radius 3 is 3.08 bits per heavy atom. The number of thiophene rings is 1. The van der Waals surface area contributed by atoms with Crippen molar-refractivity contribution in [1.82, 2.24) is 0 Å². The van der Waals surface area contributed by atoms with Crippen LogP contribution < -0.4 is 4.98 Å². The monoisotopic (exact) mass is 188 g/mol. The summed E-state index contributed by atoms with van der Waals surface area (Å²) in [6, 6.07) is 4.52. The van der Waals surface area contributed by atoms with Crippen LogP contribution in [0.25, 0.3) is 10.2 Å². The summed E-state index contributed by atoms with van der Waals surface area (Å²) in [6.45, 7) is 0. The number of hydrogen-bond acceptors (Lipinski definition) is 1. The lowest BCUT2D eigenvalue weighted by atomic mass is 10.1. The molecular weight excluding hydrogens is 178 g/mol. The van der Waals surface area contributed by atoms with Gasteiger partial charge in [-0.1, -0.05) is 0 Å². The molecule has 2 heterocycles. The minimum Gasteiger partial charge on any atom is -0.210 e. The van der Waals surface area contributed by atoms with Crippen LogP contribution in [0.5, 0.6) is 0 Å². The van der Waals surface area contributed by atoms with Crippen LogP contribution in [0.1, 0.15) is 17.9 Å². The molecule has 0 radical (unpaired) electrons. The Hall–Kier alpha value is -0.890. The molecule has 3 atom stereocenters. The first-order chi connectivity index (χ1) is 6.43. The van der Waals surface area contributed by atoms with E-state index < -0.39 is 0 Å². The number of H-pyrrole nitrogens is 1. The number of rotatable bonds is 1. The highest BCUT2D eigenvalue weighted by Gasteiger charge is 2.65. The quantitative estimate of drug-likeness (QED) is 0.652. The molecule has 64 valence electrons. The van der Waals surface area contributed by atoms with Gasteiger partial charge in [0.15, 0.2) is 6.20 Å². The smallest absolute Gasteiger partial charge is 0.210 e. The van der Waals surface area contributed by atoms with Crippen LogP contribution in [0.4, 0.5) is 0 Å². The van der Waals surface area contributed by atoms with E-state index in [2.05, 4.69) is 28.7 Å². The van der Waals surface area contributed by atoms with Gasteiger partial charge < -0.3 is 0 Å². The fourth-order valence-electron chi connectivity index (χ4n) is 2.37. The highest BCUT2D eigenvalue weighted by Crippen LogP contribution is 2.73. The number of aromatic nitrogens is 1. The minimum atomic E-state index is 0.919. The molecule has 13 heavy (non-hydrogen) atoms. The zero-order valence-corrected chi connectivity index (χ0v) is 7.97. The molecule has 0 bridgehead atoms. The molecule has 0 amide bonds. The van der Waals surface area contributed by atoms with Gasteiger partial charge in [0.25, 0.3) is 0 Å². The molecule has 1 N–H and O–H groups in total. The standard InChI is InChI=1S/C11H9NS/c1-2-13-10-3-6(5-12-9(1)10)11-7-4-8(7)11/h1-3,5,7-8,11H,4H2/p+1/t7-,8?,11?/m1/s1. The Morgan fingerprint density at radius 2 is 2.31 bits per heavy atom. The van der Waals surface area contributed by atoms with Crippen molar-refractivity contribution in [3.8, 4) is 0 Å². The van der Waals surface area contributed by atoms with E-state index in [9.17, 15) is 0 Å². The van der Waals surface area contributed by atoms with Crippen LogP contribution in [0, 0.1) is 11.8 Å². The number of hydrogen-bond donors (Lipinski definition) is 0. The van der Waals surface area contributed by atoms with Gasteiger partial charge >= 0.3 is 0 Å². The van der Waals surface area contributed by atoms with Gasteiger partial charge in [0.05, 0.1) is 4.70 Å². The first kappa shape index (κ1) is 6.55. The van der Waals surface area contributed by atoms with E-state index in [1.165, 1.54) is 22.2 Å². The molecular formula is C11H10NS+. The van der Waals surface area contributed by atoms with E-state index in [0.717, 1.165) is 17.8 Å². The van der Waals surface area contributed by atoms with E-state index in [-0.39, 0.29) is 0 Å². The molecule has 2 aromatic heterocycles. The Morgan fingerprint density at radius 1 is 1.38 bits per heavy atom. The summed E-state index contributed by atoms with van der Waals surface area (Å²) in [4.78, 5) is 3.37. The maximum Gasteiger partial charge on any atom is 0.221 e. The molecule has 2 heteroatoms. The third-order valence-corrected chi connectivity index (χ3v) is 4.31. The van der Waals surface area contributed by atoms with Crippen molar-refractivity contribution in [2.24, 2.45) is 11.8 Å². The number of pyridine rings is 1. The Kier molecular flexibility index (Phi) is 0.984. The Balaban J connectivity index is 1.88. The molecule has 2 aliphatic carbocycles. The zero-order valence-electron chi connectivity index (χ0n) is 7.16. The lowest BCUT2D eigenvalue weighted by Crippen LogP contribution is -2.03. The summed E-state index contributed by atoms with van der Waals surface area (Å²) < 4.78 is 1.41. The van der Waals surface area contributed by atoms with Crippen LogP contribution in [0.15, 0.2) is 23.7 Å². The molecule has 0 aliphatic heterocycles. The van der Waals surface area contributed by atoms with E-state index >= 15 is 0 Å². The van der Waals surface area contributed by atoms with Crippen LogP contribution in [-0.2, 0) is 0 Å². The third kappa shape index (κ3) is 0.792. The number of fused-ring (bicyclic) bond motifs is 2. The van der Waals surface area contributed by atoms with Crippen LogP contribution in [0.3, 0.4) is 0 Å². The summed E-state index contributed by atoms with van der Waals surface area (Å²) in [5.74, 6) is 3.04. The van der Waals surface area contributed by atoms with Gasteiger partial charge in [0.2, 0.25) is 5.52 Å². The fourth-order valence-corrected chi connectivity index (χ4v) is 3.18. The molecule has 2 saturated carbocycles. The van der Waals surface area contributed by atoms with Crippen molar-refractivity contribution < 1.29 is 4.98 Å². The topological polar surface area (TPSA) is 14.1 Å².